The smallest absolute Gasteiger partial charge is 0.243 e. The second-order valence-corrected chi connectivity index (χ2v) is 7.14. The van der Waals surface area contributed by atoms with Gasteiger partial charge in [-0.05, 0) is 29.8 Å². The first kappa shape index (κ1) is 18.8. The summed E-state index contributed by atoms with van der Waals surface area (Å²) in [6.45, 7) is 1.78. The van der Waals surface area contributed by atoms with Crippen molar-refractivity contribution in [2.45, 2.75) is 12.5 Å². The number of hydrogen-bond acceptors (Lipinski definition) is 5. The predicted molar refractivity (Wildman–Crippen MR) is 107 cm³/mol. The SMILES string of the molecule is Cl.O=C(Nc1ccc(Cc2nc3ccccc3s2)cc1)C1COCCN1. The Bertz CT molecular complexity index is 843. The molecule has 0 radical (unpaired) electrons. The Morgan fingerprint density at radius 3 is 2.77 bits per heavy atom. The number of aromatic nitrogens is 1. The molecule has 1 atom stereocenters. The van der Waals surface area contributed by atoms with Gasteiger partial charge in [-0.1, -0.05) is 24.3 Å². The minimum absolute atomic E-state index is 0. The second-order valence-electron chi connectivity index (χ2n) is 6.02. The molecule has 0 saturated carbocycles. The molecule has 26 heavy (non-hydrogen) atoms. The van der Waals surface area contributed by atoms with Gasteiger partial charge in [0.1, 0.15) is 6.04 Å². The van der Waals surface area contributed by atoms with Crippen molar-refractivity contribution in [3.8, 4) is 0 Å². The van der Waals surface area contributed by atoms with Gasteiger partial charge in [-0.3, -0.25) is 4.79 Å². The zero-order chi connectivity index (χ0) is 17.1. The van der Waals surface area contributed by atoms with E-state index in [9.17, 15) is 4.79 Å². The van der Waals surface area contributed by atoms with E-state index in [4.69, 9.17) is 4.74 Å². The lowest BCUT2D eigenvalue weighted by Crippen LogP contribution is -2.48. The molecule has 2 N–H and O–H groups in total. The standard InChI is InChI=1S/C19H19N3O2S.ClH/c23-19(16-12-24-10-9-20-16)21-14-7-5-13(6-8-14)11-18-22-15-3-1-2-4-17(15)25-18;/h1-8,16,20H,9-12H2,(H,21,23);1H. The fraction of sp³-hybridized carbons (Fsp3) is 0.263. The number of nitrogens with one attached hydrogen (secondary N) is 2. The number of nitrogens with zero attached hydrogens (tertiary/aromatic N) is 1. The Morgan fingerprint density at radius 2 is 2.04 bits per heavy atom. The van der Waals surface area contributed by atoms with Crippen LogP contribution < -0.4 is 10.6 Å². The van der Waals surface area contributed by atoms with Crippen molar-refractivity contribution >= 4 is 45.6 Å². The minimum atomic E-state index is -0.281. The van der Waals surface area contributed by atoms with Crippen LogP contribution in [0.3, 0.4) is 0 Å². The lowest BCUT2D eigenvalue weighted by Gasteiger charge is -2.22. The molecule has 3 aromatic rings. The Hall–Kier alpha value is -1.99. The van der Waals surface area contributed by atoms with Crippen LogP contribution in [0.5, 0.6) is 0 Å². The van der Waals surface area contributed by atoms with E-state index in [-0.39, 0.29) is 24.4 Å². The van der Waals surface area contributed by atoms with Crippen molar-refractivity contribution in [1.82, 2.24) is 10.3 Å². The molecular weight excluding hydrogens is 370 g/mol. The van der Waals surface area contributed by atoms with Crippen LogP contribution in [0.2, 0.25) is 0 Å². The molecular formula is C19H20ClN3O2S. The molecule has 0 aliphatic carbocycles. The van der Waals surface area contributed by atoms with Gasteiger partial charge in [-0.2, -0.15) is 0 Å². The summed E-state index contributed by atoms with van der Waals surface area (Å²) in [5.74, 6) is -0.0568. The molecule has 0 bridgehead atoms. The molecule has 1 aromatic heterocycles. The lowest BCUT2D eigenvalue weighted by molar-refractivity contribution is -0.120. The third-order valence-corrected chi connectivity index (χ3v) is 5.19. The number of ether oxygens (including phenoxy) is 1. The number of thiazole rings is 1. The normalized spacial score (nSPS) is 16.8. The van der Waals surface area contributed by atoms with E-state index < -0.39 is 0 Å². The highest BCUT2D eigenvalue weighted by atomic mass is 35.5. The number of fused-ring (bicyclic) bond motifs is 1. The number of carbonyl (C=O) groups excluding carboxylic acids is 1. The zero-order valence-corrected chi connectivity index (χ0v) is 15.7. The molecule has 7 heteroatoms. The highest BCUT2D eigenvalue weighted by Gasteiger charge is 2.21. The molecule has 0 spiro atoms. The molecule has 4 rings (SSSR count). The third kappa shape index (κ3) is 4.40. The van der Waals surface area contributed by atoms with E-state index in [0.29, 0.717) is 19.8 Å². The average molecular weight is 390 g/mol. The summed E-state index contributed by atoms with van der Waals surface area (Å²) in [4.78, 5) is 16.8. The Morgan fingerprint density at radius 1 is 1.23 bits per heavy atom. The molecule has 1 saturated heterocycles. The maximum atomic E-state index is 12.2. The van der Waals surface area contributed by atoms with Crippen LogP contribution in [-0.4, -0.2) is 36.7 Å². The molecule has 1 fully saturated rings. The van der Waals surface area contributed by atoms with Crippen LogP contribution in [-0.2, 0) is 16.0 Å². The maximum absolute atomic E-state index is 12.2. The number of benzene rings is 2. The highest BCUT2D eigenvalue weighted by Crippen LogP contribution is 2.24. The fourth-order valence-electron chi connectivity index (χ4n) is 2.84. The van der Waals surface area contributed by atoms with Crippen LogP contribution in [0.4, 0.5) is 5.69 Å². The number of rotatable bonds is 4. The second kappa shape index (κ2) is 8.60. The van der Waals surface area contributed by atoms with Crippen molar-refractivity contribution < 1.29 is 9.53 Å². The zero-order valence-electron chi connectivity index (χ0n) is 14.1. The number of anilines is 1. The summed E-state index contributed by atoms with van der Waals surface area (Å²) >= 11 is 1.72. The van der Waals surface area contributed by atoms with Gasteiger partial charge in [-0.15, -0.1) is 23.7 Å². The highest BCUT2D eigenvalue weighted by molar-refractivity contribution is 7.18. The van der Waals surface area contributed by atoms with Crippen LogP contribution in [0, 0.1) is 0 Å². The average Bonchev–Trinajstić information content (AvgIpc) is 3.06. The van der Waals surface area contributed by atoms with E-state index >= 15 is 0 Å². The van der Waals surface area contributed by atoms with Gasteiger partial charge in [0.25, 0.3) is 0 Å². The van der Waals surface area contributed by atoms with Crippen molar-refractivity contribution in [2.24, 2.45) is 0 Å². The number of amides is 1. The number of para-hydroxylation sites is 1. The van der Waals surface area contributed by atoms with Gasteiger partial charge in [0.15, 0.2) is 0 Å². The Balaban J connectivity index is 0.00000196. The molecule has 136 valence electrons. The van der Waals surface area contributed by atoms with Crippen LogP contribution in [0.15, 0.2) is 48.5 Å². The third-order valence-electron chi connectivity index (χ3n) is 4.15. The van der Waals surface area contributed by atoms with Gasteiger partial charge in [-0.25, -0.2) is 4.98 Å². The van der Waals surface area contributed by atoms with Crippen molar-refractivity contribution in [1.29, 1.82) is 0 Å². The first-order valence-corrected chi connectivity index (χ1v) is 9.15. The molecule has 1 amide bonds. The van der Waals surface area contributed by atoms with E-state index in [1.807, 2.05) is 42.5 Å². The number of carbonyl (C=O) groups is 1. The minimum Gasteiger partial charge on any atom is -0.378 e. The van der Waals surface area contributed by atoms with E-state index in [2.05, 4.69) is 21.7 Å². The lowest BCUT2D eigenvalue weighted by atomic mass is 10.1. The summed E-state index contributed by atoms with van der Waals surface area (Å²) in [5.41, 5.74) is 3.02. The number of hydrogen-bond donors (Lipinski definition) is 2. The van der Waals surface area contributed by atoms with E-state index in [0.717, 1.165) is 22.6 Å². The van der Waals surface area contributed by atoms with Crippen LogP contribution in [0.25, 0.3) is 10.2 Å². The van der Waals surface area contributed by atoms with Gasteiger partial charge in [0.2, 0.25) is 5.91 Å². The fourth-order valence-corrected chi connectivity index (χ4v) is 3.84. The number of halogens is 1. The molecule has 2 heterocycles. The van der Waals surface area contributed by atoms with Gasteiger partial charge >= 0.3 is 0 Å². The topological polar surface area (TPSA) is 63.2 Å². The van der Waals surface area contributed by atoms with E-state index in [1.54, 1.807) is 11.3 Å². The van der Waals surface area contributed by atoms with E-state index in [1.165, 1.54) is 10.3 Å². The summed E-state index contributed by atoms with van der Waals surface area (Å²) in [5, 5.41) is 7.18. The van der Waals surface area contributed by atoms with Gasteiger partial charge in [0, 0.05) is 18.7 Å². The monoisotopic (exact) mass is 389 g/mol. The van der Waals surface area contributed by atoms with Crippen molar-refractivity contribution in [3.63, 3.8) is 0 Å². The predicted octanol–water partition coefficient (Wildman–Crippen LogP) is 3.24. The largest absolute Gasteiger partial charge is 0.378 e. The Kier molecular flexibility index (Phi) is 6.21. The number of morpholine rings is 1. The molecule has 2 aromatic carbocycles. The molecule has 1 aliphatic rings. The maximum Gasteiger partial charge on any atom is 0.243 e. The van der Waals surface area contributed by atoms with Gasteiger partial charge in [0.05, 0.1) is 28.4 Å². The van der Waals surface area contributed by atoms with Crippen LogP contribution >= 0.6 is 23.7 Å². The van der Waals surface area contributed by atoms with Crippen LogP contribution in [0.1, 0.15) is 10.6 Å². The Labute approximate surface area is 162 Å². The molecule has 1 aliphatic heterocycles. The first-order chi connectivity index (χ1) is 12.3. The summed E-state index contributed by atoms with van der Waals surface area (Å²) < 4.78 is 6.53. The quantitative estimate of drug-likeness (QED) is 0.719. The summed E-state index contributed by atoms with van der Waals surface area (Å²) in [7, 11) is 0. The first-order valence-electron chi connectivity index (χ1n) is 8.33. The summed E-state index contributed by atoms with van der Waals surface area (Å²) in [6, 6.07) is 15.8. The van der Waals surface area contributed by atoms with Crippen molar-refractivity contribution in [3.05, 3.63) is 59.1 Å². The van der Waals surface area contributed by atoms with Gasteiger partial charge < -0.3 is 15.4 Å². The molecule has 1 unspecified atom stereocenters. The molecule has 5 nitrogen and oxygen atoms in total. The van der Waals surface area contributed by atoms with Crippen molar-refractivity contribution in [2.75, 3.05) is 25.1 Å². The summed E-state index contributed by atoms with van der Waals surface area (Å²) in [6.07, 6.45) is 0.797.